The Morgan fingerprint density at radius 1 is 1.22 bits per heavy atom. The summed E-state index contributed by atoms with van der Waals surface area (Å²) in [7, 11) is 1.61. The lowest BCUT2D eigenvalue weighted by molar-refractivity contribution is -0.186. The number of hydrogen-bond donors (Lipinski definition) is 1. The highest BCUT2D eigenvalue weighted by Crippen LogP contribution is 2.61. The standard InChI is InChI=1S/C22H31NO4/c1-13-18-10-16(22(18,3)4)11-20(13)27-21(25)12-19(23-14(2)24)15-6-8-17(26-5)9-7-15/h6-9,13,16,18-20H,10-12H2,1-5H3,(H,23,24). The van der Waals surface area contributed by atoms with Crippen LogP contribution in [-0.2, 0) is 14.3 Å². The number of hydrogen-bond acceptors (Lipinski definition) is 4. The number of benzene rings is 1. The van der Waals surface area contributed by atoms with Gasteiger partial charge >= 0.3 is 5.97 Å². The molecule has 0 radical (unpaired) electrons. The Morgan fingerprint density at radius 2 is 1.89 bits per heavy atom. The van der Waals surface area contributed by atoms with E-state index in [1.807, 2.05) is 24.3 Å². The van der Waals surface area contributed by atoms with Crippen LogP contribution in [0.3, 0.4) is 0 Å². The van der Waals surface area contributed by atoms with E-state index in [-0.39, 0.29) is 24.4 Å². The third-order valence-corrected chi connectivity index (χ3v) is 6.83. The minimum atomic E-state index is -0.397. The third-order valence-electron chi connectivity index (χ3n) is 6.83. The first-order chi connectivity index (χ1) is 12.7. The van der Waals surface area contributed by atoms with Crippen molar-refractivity contribution >= 4 is 11.9 Å². The van der Waals surface area contributed by atoms with Crippen LogP contribution >= 0.6 is 0 Å². The average Bonchev–Trinajstić information content (AvgIpc) is 2.62. The van der Waals surface area contributed by atoms with Crippen molar-refractivity contribution in [3.05, 3.63) is 29.8 Å². The molecular formula is C22H31NO4. The van der Waals surface area contributed by atoms with E-state index in [4.69, 9.17) is 9.47 Å². The van der Waals surface area contributed by atoms with Gasteiger partial charge in [0.25, 0.3) is 0 Å². The van der Waals surface area contributed by atoms with Crippen LogP contribution in [0.4, 0.5) is 0 Å². The van der Waals surface area contributed by atoms with Gasteiger partial charge in [0.15, 0.2) is 0 Å². The second-order valence-corrected chi connectivity index (χ2v) is 8.71. The van der Waals surface area contributed by atoms with Gasteiger partial charge in [0, 0.05) is 6.92 Å². The van der Waals surface area contributed by atoms with Crippen molar-refractivity contribution in [3.63, 3.8) is 0 Å². The molecule has 0 heterocycles. The van der Waals surface area contributed by atoms with Gasteiger partial charge in [-0.25, -0.2) is 0 Å². The van der Waals surface area contributed by atoms with Gasteiger partial charge in [-0.15, -0.1) is 0 Å². The van der Waals surface area contributed by atoms with Gasteiger partial charge in [0.05, 0.1) is 19.6 Å². The summed E-state index contributed by atoms with van der Waals surface area (Å²) >= 11 is 0. The molecule has 1 aromatic rings. The number of amides is 1. The molecule has 5 nitrogen and oxygen atoms in total. The number of carbonyl (C=O) groups is 2. The molecule has 3 fully saturated rings. The van der Waals surface area contributed by atoms with E-state index in [2.05, 4.69) is 26.1 Å². The molecule has 2 bridgehead atoms. The lowest BCUT2D eigenvalue weighted by Crippen LogP contribution is -2.57. The molecule has 1 N–H and O–H groups in total. The fourth-order valence-corrected chi connectivity index (χ4v) is 4.98. The molecule has 0 saturated heterocycles. The average molecular weight is 373 g/mol. The number of carbonyl (C=O) groups excluding carboxylic acids is 2. The summed E-state index contributed by atoms with van der Waals surface area (Å²) in [6.45, 7) is 8.32. The topological polar surface area (TPSA) is 64.6 Å². The number of rotatable bonds is 6. The maximum absolute atomic E-state index is 12.6. The van der Waals surface area contributed by atoms with Crippen molar-refractivity contribution in [3.8, 4) is 5.75 Å². The molecular weight excluding hydrogens is 342 g/mol. The van der Waals surface area contributed by atoms with Gasteiger partial charge in [-0.05, 0) is 53.7 Å². The van der Waals surface area contributed by atoms with Crippen molar-refractivity contribution in [1.29, 1.82) is 0 Å². The molecule has 5 unspecified atom stereocenters. The zero-order valence-electron chi connectivity index (χ0n) is 17.0. The molecule has 3 aliphatic carbocycles. The van der Waals surface area contributed by atoms with Crippen LogP contribution < -0.4 is 10.1 Å². The maximum atomic E-state index is 12.6. The summed E-state index contributed by atoms with van der Waals surface area (Å²) in [6.07, 6.45) is 2.32. The fourth-order valence-electron chi connectivity index (χ4n) is 4.98. The molecule has 0 spiro atoms. The lowest BCUT2D eigenvalue weighted by atomic mass is 9.45. The van der Waals surface area contributed by atoms with E-state index in [0.717, 1.165) is 17.7 Å². The molecule has 0 aromatic heterocycles. The fraction of sp³-hybridized carbons (Fsp3) is 0.636. The van der Waals surface area contributed by atoms with Crippen molar-refractivity contribution in [2.75, 3.05) is 7.11 Å². The molecule has 3 saturated carbocycles. The van der Waals surface area contributed by atoms with Crippen LogP contribution in [0.1, 0.15) is 58.6 Å². The monoisotopic (exact) mass is 373 g/mol. The Kier molecular flexibility index (Phi) is 5.50. The van der Waals surface area contributed by atoms with Gasteiger partial charge in [0.1, 0.15) is 11.9 Å². The molecule has 27 heavy (non-hydrogen) atoms. The van der Waals surface area contributed by atoms with Crippen LogP contribution in [0.15, 0.2) is 24.3 Å². The predicted octanol–water partition coefficient (Wildman–Crippen LogP) is 3.88. The smallest absolute Gasteiger partial charge is 0.308 e. The Balaban J connectivity index is 1.63. The number of ether oxygens (including phenoxy) is 2. The number of methoxy groups -OCH3 is 1. The summed E-state index contributed by atoms with van der Waals surface area (Å²) in [5.74, 6) is 1.97. The van der Waals surface area contributed by atoms with Crippen molar-refractivity contribution < 1.29 is 19.1 Å². The summed E-state index contributed by atoms with van der Waals surface area (Å²) in [6, 6.07) is 7.00. The Bertz CT molecular complexity index is 697. The van der Waals surface area contributed by atoms with Crippen LogP contribution in [0.5, 0.6) is 5.75 Å². The first-order valence-electron chi connectivity index (χ1n) is 9.83. The predicted molar refractivity (Wildman–Crippen MR) is 103 cm³/mol. The van der Waals surface area contributed by atoms with E-state index < -0.39 is 6.04 Å². The Hall–Kier alpha value is -2.04. The quantitative estimate of drug-likeness (QED) is 0.769. The zero-order chi connectivity index (χ0) is 19.8. The summed E-state index contributed by atoms with van der Waals surface area (Å²) in [5.41, 5.74) is 1.23. The normalized spacial score (nSPS) is 29.2. The highest BCUT2D eigenvalue weighted by Gasteiger charge is 2.57. The largest absolute Gasteiger partial charge is 0.497 e. The van der Waals surface area contributed by atoms with E-state index in [0.29, 0.717) is 23.2 Å². The lowest BCUT2D eigenvalue weighted by Gasteiger charge is -2.61. The number of fused-ring (bicyclic) bond motifs is 2. The minimum absolute atomic E-state index is 0.0110. The Labute approximate surface area is 161 Å². The molecule has 1 aromatic carbocycles. The molecule has 4 rings (SSSR count). The molecule has 3 aliphatic rings. The molecule has 1 amide bonds. The number of nitrogens with one attached hydrogen (secondary N) is 1. The van der Waals surface area contributed by atoms with Gasteiger partial charge in [0.2, 0.25) is 5.91 Å². The van der Waals surface area contributed by atoms with Gasteiger partial charge < -0.3 is 14.8 Å². The van der Waals surface area contributed by atoms with E-state index >= 15 is 0 Å². The number of esters is 1. The van der Waals surface area contributed by atoms with Crippen molar-refractivity contribution in [1.82, 2.24) is 5.32 Å². The Morgan fingerprint density at radius 3 is 2.41 bits per heavy atom. The van der Waals surface area contributed by atoms with E-state index in [1.165, 1.54) is 13.3 Å². The maximum Gasteiger partial charge on any atom is 0.308 e. The first-order valence-corrected chi connectivity index (χ1v) is 9.83. The van der Waals surface area contributed by atoms with Gasteiger partial charge in [-0.1, -0.05) is 32.9 Å². The second kappa shape index (κ2) is 7.53. The van der Waals surface area contributed by atoms with E-state index in [9.17, 15) is 9.59 Å². The van der Waals surface area contributed by atoms with Crippen molar-refractivity contribution in [2.45, 2.75) is 59.1 Å². The first kappa shape index (κ1) is 19.7. The minimum Gasteiger partial charge on any atom is -0.497 e. The van der Waals surface area contributed by atoms with Crippen LogP contribution in [0, 0.1) is 23.2 Å². The molecule has 148 valence electrons. The van der Waals surface area contributed by atoms with Crippen LogP contribution in [0.2, 0.25) is 0 Å². The summed E-state index contributed by atoms with van der Waals surface area (Å²) in [5, 5.41) is 2.86. The zero-order valence-corrected chi connectivity index (χ0v) is 17.0. The van der Waals surface area contributed by atoms with Crippen LogP contribution in [0.25, 0.3) is 0 Å². The highest BCUT2D eigenvalue weighted by molar-refractivity contribution is 5.76. The van der Waals surface area contributed by atoms with Gasteiger partial charge in [-0.3, -0.25) is 9.59 Å². The van der Waals surface area contributed by atoms with E-state index in [1.54, 1.807) is 7.11 Å². The van der Waals surface area contributed by atoms with Gasteiger partial charge in [-0.2, -0.15) is 0 Å². The van der Waals surface area contributed by atoms with Crippen LogP contribution in [-0.4, -0.2) is 25.1 Å². The third kappa shape index (κ3) is 3.97. The second-order valence-electron chi connectivity index (χ2n) is 8.71. The summed E-state index contributed by atoms with van der Waals surface area (Å²) in [4.78, 5) is 24.2. The molecule has 5 atom stereocenters. The SMILES string of the molecule is COc1ccc(C(CC(=O)OC2CC3CC(C2C)C3(C)C)NC(C)=O)cc1. The van der Waals surface area contributed by atoms with Crippen molar-refractivity contribution in [2.24, 2.45) is 23.2 Å². The molecule has 5 heteroatoms. The molecule has 0 aliphatic heterocycles. The summed E-state index contributed by atoms with van der Waals surface area (Å²) < 4.78 is 11.0. The highest BCUT2D eigenvalue weighted by atomic mass is 16.5.